The van der Waals surface area contributed by atoms with Gasteiger partial charge in [-0.1, -0.05) is 6.07 Å². The van der Waals surface area contributed by atoms with E-state index in [2.05, 4.69) is 44.2 Å². The van der Waals surface area contributed by atoms with Gasteiger partial charge in [-0.25, -0.2) is 18.7 Å². The Labute approximate surface area is 197 Å². The maximum Gasteiger partial charge on any atom is 0.263 e. The van der Waals surface area contributed by atoms with Gasteiger partial charge in [0.25, 0.3) is 6.43 Å². The van der Waals surface area contributed by atoms with E-state index in [0.717, 1.165) is 62.2 Å². The molecule has 1 aromatic heterocycles. The topological polar surface area (TPSA) is 47.5 Å². The van der Waals surface area contributed by atoms with E-state index in [-0.39, 0.29) is 5.56 Å². The first-order valence-electron chi connectivity index (χ1n) is 12.1. The number of benzene rings is 2. The van der Waals surface area contributed by atoms with Gasteiger partial charge >= 0.3 is 0 Å². The maximum atomic E-state index is 13.7. The summed E-state index contributed by atoms with van der Waals surface area (Å²) in [6.07, 6.45) is 1.80. The van der Waals surface area contributed by atoms with Crippen LogP contribution in [-0.4, -0.2) is 59.0 Å². The highest BCUT2D eigenvalue weighted by molar-refractivity contribution is 5.92. The summed E-state index contributed by atoms with van der Waals surface area (Å²) in [6.45, 7) is 5.98. The molecule has 1 spiro atoms. The molecule has 1 saturated carbocycles. The van der Waals surface area contributed by atoms with Gasteiger partial charge in [0.15, 0.2) is 0 Å². The second kappa shape index (κ2) is 7.33. The van der Waals surface area contributed by atoms with E-state index < -0.39 is 6.43 Å². The van der Waals surface area contributed by atoms with Crippen LogP contribution in [-0.2, 0) is 13.1 Å². The van der Waals surface area contributed by atoms with Gasteiger partial charge in [0.05, 0.1) is 11.2 Å². The number of aromatic nitrogens is 2. The molecule has 0 unspecified atom stereocenters. The molecule has 1 N–H and O–H groups in total. The second-order valence-corrected chi connectivity index (χ2v) is 10.7. The Kier molecular flexibility index (Phi) is 4.42. The fourth-order valence-electron chi connectivity index (χ4n) is 6.00. The lowest BCUT2D eigenvalue weighted by atomic mass is 9.72. The predicted octanol–water partition coefficient (Wildman–Crippen LogP) is 4.54. The van der Waals surface area contributed by atoms with Crippen molar-refractivity contribution in [3.63, 3.8) is 0 Å². The summed E-state index contributed by atoms with van der Waals surface area (Å²) >= 11 is 0. The van der Waals surface area contributed by atoms with Gasteiger partial charge in [-0.15, -0.1) is 0 Å². The molecule has 3 aliphatic heterocycles. The van der Waals surface area contributed by atoms with Crippen LogP contribution in [0.5, 0.6) is 0 Å². The zero-order valence-electron chi connectivity index (χ0n) is 19.3. The van der Waals surface area contributed by atoms with Crippen molar-refractivity contribution in [3.05, 3.63) is 53.2 Å². The first kappa shape index (κ1) is 20.5. The minimum Gasteiger partial charge on any atom is -0.368 e. The lowest BCUT2D eigenvalue weighted by Crippen LogP contribution is -2.72. The molecule has 0 radical (unpaired) electrons. The van der Waals surface area contributed by atoms with Crippen LogP contribution in [0.4, 0.5) is 26.1 Å². The average molecular weight is 463 g/mol. The zero-order valence-corrected chi connectivity index (χ0v) is 19.3. The molecule has 0 atom stereocenters. The number of fused-ring (bicyclic) bond motifs is 2. The van der Waals surface area contributed by atoms with Gasteiger partial charge in [0, 0.05) is 73.6 Å². The van der Waals surface area contributed by atoms with Crippen molar-refractivity contribution >= 4 is 28.2 Å². The number of nitrogens with zero attached hydrogens (tertiary/aromatic N) is 5. The molecular weight excluding hydrogens is 434 g/mol. The molecule has 2 saturated heterocycles. The summed E-state index contributed by atoms with van der Waals surface area (Å²) in [6, 6.07) is 10.3. The third-order valence-corrected chi connectivity index (χ3v) is 7.81. The average Bonchev–Trinajstić information content (AvgIpc) is 3.52. The highest BCUT2D eigenvalue weighted by Crippen LogP contribution is 2.47. The number of hydrogen-bond acceptors (Lipinski definition) is 6. The molecule has 6 nitrogen and oxygen atoms in total. The van der Waals surface area contributed by atoms with Gasteiger partial charge in [-0.2, -0.15) is 0 Å². The number of rotatable bonds is 5. The fourth-order valence-corrected chi connectivity index (χ4v) is 6.00. The number of halogens is 2. The Bertz CT molecular complexity index is 1280. The summed E-state index contributed by atoms with van der Waals surface area (Å²) in [5.74, 6) is 0.489. The molecule has 34 heavy (non-hydrogen) atoms. The Morgan fingerprint density at radius 1 is 1.03 bits per heavy atom. The van der Waals surface area contributed by atoms with Gasteiger partial charge in [0.2, 0.25) is 5.95 Å². The van der Waals surface area contributed by atoms with E-state index in [0.29, 0.717) is 16.7 Å². The maximum absolute atomic E-state index is 13.7. The first-order valence-corrected chi connectivity index (χ1v) is 12.1. The van der Waals surface area contributed by atoms with Crippen LogP contribution in [0.2, 0.25) is 0 Å². The molecule has 4 heterocycles. The summed E-state index contributed by atoms with van der Waals surface area (Å²) in [5, 5.41) is 3.99. The minimum absolute atomic E-state index is 0.0312. The van der Waals surface area contributed by atoms with E-state index in [1.807, 2.05) is 6.07 Å². The van der Waals surface area contributed by atoms with Crippen molar-refractivity contribution in [2.75, 3.05) is 43.4 Å². The van der Waals surface area contributed by atoms with E-state index in [1.54, 1.807) is 12.3 Å². The van der Waals surface area contributed by atoms with Crippen LogP contribution < -0.4 is 10.2 Å². The van der Waals surface area contributed by atoms with Gasteiger partial charge in [0.1, 0.15) is 0 Å². The molecule has 3 fully saturated rings. The van der Waals surface area contributed by atoms with Crippen molar-refractivity contribution in [3.8, 4) is 0 Å². The lowest BCUT2D eigenvalue weighted by molar-refractivity contribution is -0.0273. The van der Waals surface area contributed by atoms with Crippen LogP contribution in [0.3, 0.4) is 0 Å². The van der Waals surface area contributed by atoms with Crippen LogP contribution in [0.25, 0.3) is 10.9 Å². The van der Waals surface area contributed by atoms with E-state index in [9.17, 15) is 8.78 Å². The number of likely N-dealkylation sites (tertiary alicyclic amines) is 1. The standard InChI is InChI=1S/C26H28F2N6/c1-32-10-16-2-3-20(7-19(16)11-32)30-25-29-9-18-6-17(24(27)28)8-22(23(18)31-25)34-14-26(15-34)12-33(13-26)21-4-5-21/h2-3,6-9,21,24H,4-5,10-15H2,1H3,(H,29,30,31). The Morgan fingerprint density at radius 3 is 2.59 bits per heavy atom. The van der Waals surface area contributed by atoms with Crippen LogP contribution in [0.1, 0.15) is 36.0 Å². The van der Waals surface area contributed by atoms with Crippen molar-refractivity contribution in [1.29, 1.82) is 0 Å². The fraction of sp³-hybridized carbons (Fsp3) is 0.462. The smallest absolute Gasteiger partial charge is 0.263 e. The number of alkyl halides is 2. The van der Waals surface area contributed by atoms with Gasteiger partial charge < -0.3 is 10.2 Å². The Hall–Kier alpha value is -2.84. The van der Waals surface area contributed by atoms with Crippen molar-refractivity contribution in [2.24, 2.45) is 5.41 Å². The predicted molar refractivity (Wildman–Crippen MR) is 129 cm³/mol. The molecule has 1 aliphatic carbocycles. The molecule has 176 valence electrons. The molecule has 0 bridgehead atoms. The second-order valence-electron chi connectivity index (χ2n) is 10.7. The monoisotopic (exact) mass is 462 g/mol. The lowest BCUT2D eigenvalue weighted by Gasteiger charge is -2.61. The Morgan fingerprint density at radius 2 is 1.82 bits per heavy atom. The normalized spacial score (nSPS) is 21.7. The van der Waals surface area contributed by atoms with Gasteiger partial charge in [-0.05, 0) is 55.3 Å². The summed E-state index contributed by atoms with van der Waals surface area (Å²) in [7, 11) is 2.11. The Balaban J connectivity index is 1.17. The molecule has 3 aromatic rings. The van der Waals surface area contributed by atoms with Crippen LogP contribution >= 0.6 is 0 Å². The number of nitrogens with one attached hydrogen (secondary N) is 1. The quantitative estimate of drug-likeness (QED) is 0.601. The van der Waals surface area contributed by atoms with Crippen molar-refractivity contribution in [2.45, 2.75) is 38.4 Å². The molecule has 8 heteroatoms. The van der Waals surface area contributed by atoms with E-state index in [4.69, 9.17) is 4.98 Å². The largest absolute Gasteiger partial charge is 0.368 e. The van der Waals surface area contributed by atoms with Gasteiger partial charge in [-0.3, -0.25) is 9.80 Å². The molecule has 0 amide bonds. The van der Waals surface area contributed by atoms with E-state index in [1.165, 1.54) is 30.0 Å². The third kappa shape index (κ3) is 3.43. The zero-order chi connectivity index (χ0) is 23.0. The van der Waals surface area contributed by atoms with Crippen molar-refractivity contribution < 1.29 is 8.78 Å². The summed E-state index contributed by atoms with van der Waals surface area (Å²) < 4.78 is 27.3. The summed E-state index contributed by atoms with van der Waals surface area (Å²) in [5.41, 5.74) is 5.47. The molecule has 4 aliphatic rings. The van der Waals surface area contributed by atoms with Crippen LogP contribution in [0, 0.1) is 5.41 Å². The minimum atomic E-state index is -2.52. The SMILES string of the molecule is CN1Cc2ccc(Nc3ncc4cc(C(F)F)cc(N5CC6(C5)CN(C5CC5)C6)c4n3)cc2C1. The highest BCUT2D eigenvalue weighted by Gasteiger charge is 2.54. The third-order valence-electron chi connectivity index (χ3n) is 7.81. The van der Waals surface area contributed by atoms with Crippen molar-refractivity contribution in [1.82, 2.24) is 19.8 Å². The molecule has 2 aromatic carbocycles. The van der Waals surface area contributed by atoms with E-state index >= 15 is 0 Å². The number of hydrogen-bond donors (Lipinski definition) is 1. The molecule has 7 rings (SSSR count). The highest BCUT2D eigenvalue weighted by atomic mass is 19.3. The first-order chi connectivity index (χ1) is 16.4. The number of anilines is 3. The molecular formula is C26H28F2N6. The summed E-state index contributed by atoms with van der Waals surface area (Å²) in [4.78, 5) is 16.3. The van der Waals surface area contributed by atoms with Crippen LogP contribution in [0.15, 0.2) is 36.5 Å².